The zero-order chi connectivity index (χ0) is 13.7. The van der Waals surface area contributed by atoms with Gasteiger partial charge in [0.2, 0.25) is 0 Å². The van der Waals surface area contributed by atoms with Crippen LogP contribution >= 0.6 is 0 Å². The Kier molecular flexibility index (Phi) is 5.39. The third-order valence-corrected chi connectivity index (χ3v) is 3.10. The molecule has 0 radical (unpaired) electrons. The van der Waals surface area contributed by atoms with E-state index in [4.69, 9.17) is 4.74 Å². The quantitative estimate of drug-likeness (QED) is 0.741. The Morgan fingerprint density at radius 3 is 2.06 bits per heavy atom. The zero-order valence-electron chi connectivity index (χ0n) is 12.1. The third kappa shape index (κ3) is 3.86. The topological polar surface area (TPSA) is 26.3 Å². The monoisotopic (exact) mass is 248 g/mol. The third-order valence-electron chi connectivity index (χ3n) is 3.10. The van der Waals surface area contributed by atoms with Crippen molar-refractivity contribution in [3.8, 4) is 0 Å². The standard InChI is InChI=1S/C16H24O2/c1-11(2)10-13-6-8-14(9-7-13)15(12(3)4)16(17)18-5/h6-9,11-12,15H,10H2,1-5H3. The molecular weight excluding hydrogens is 224 g/mol. The Bertz CT molecular complexity index is 377. The fraction of sp³-hybridized carbons (Fsp3) is 0.562. The number of esters is 1. The van der Waals surface area contributed by atoms with Crippen LogP contribution in [0.3, 0.4) is 0 Å². The van der Waals surface area contributed by atoms with E-state index >= 15 is 0 Å². The van der Waals surface area contributed by atoms with E-state index in [-0.39, 0.29) is 17.8 Å². The number of benzene rings is 1. The predicted octanol–water partition coefficient (Wildman–Crippen LogP) is 3.80. The first-order chi connectivity index (χ1) is 8.45. The minimum absolute atomic E-state index is 0.151. The molecule has 0 aromatic heterocycles. The Labute approximate surface area is 110 Å². The van der Waals surface area contributed by atoms with Crippen LogP contribution in [-0.4, -0.2) is 13.1 Å². The minimum atomic E-state index is -0.164. The van der Waals surface area contributed by atoms with E-state index in [1.807, 2.05) is 13.8 Å². The van der Waals surface area contributed by atoms with Crippen molar-refractivity contribution in [3.63, 3.8) is 0 Å². The SMILES string of the molecule is COC(=O)C(c1ccc(CC(C)C)cc1)C(C)C. The number of ether oxygens (including phenoxy) is 1. The predicted molar refractivity (Wildman–Crippen MR) is 74.6 cm³/mol. The normalized spacial score (nSPS) is 12.8. The van der Waals surface area contributed by atoms with Crippen molar-refractivity contribution in [2.75, 3.05) is 7.11 Å². The molecule has 0 fully saturated rings. The van der Waals surface area contributed by atoms with Gasteiger partial charge in [0.15, 0.2) is 0 Å². The van der Waals surface area contributed by atoms with Gasteiger partial charge in [-0.1, -0.05) is 52.0 Å². The smallest absolute Gasteiger partial charge is 0.313 e. The maximum atomic E-state index is 11.8. The van der Waals surface area contributed by atoms with Gasteiger partial charge in [-0.25, -0.2) is 0 Å². The first-order valence-electron chi connectivity index (χ1n) is 6.62. The highest BCUT2D eigenvalue weighted by atomic mass is 16.5. The maximum Gasteiger partial charge on any atom is 0.313 e. The van der Waals surface area contributed by atoms with E-state index in [1.54, 1.807) is 0 Å². The van der Waals surface area contributed by atoms with Gasteiger partial charge >= 0.3 is 5.97 Å². The molecule has 0 heterocycles. The summed E-state index contributed by atoms with van der Waals surface area (Å²) in [6.07, 6.45) is 1.07. The van der Waals surface area contributed by atoms with Crippen molar-refractivity contribution in [1.82, 2.24) is 0 Å². The van der Waals surface area contributed by atoms with Gasteiger partial charge in [0.25, 0.3) is 0 Å². The second-order valence-electron chi connectivity index (χ2n) is 5.58. The van der Waals surface area contributed by atoms with Crippen molar-refractivity contribution < 1.29 is 9.53 Å². The molecule has 0 spiro atoms. The number of carbonyl (C=O) groups excluding carboxylic acids is 1. The van der Waals surface area contributed by atoms with Crippen LogP contribution in [0, 0.1) is 11.8 Å². The molecule has 0 aliphatic heterocycles. The van der Waals surface area contributed by atoms with Gasteiger partial charge in [0, 0.05) is 0 Å². The van der Waals surface area contributed by atoms with E-state index in [2.05, 4.69) is 38.1 Å². The molecule has 1 unspecified atom stereocenters. The van der Waals surface area contributed by atoms with Gasteiger partial charge < -0.3 is 4.74 Å². The molecule has 1 aromatic rings. The Hall–Kier alpha value is -1.31. The van der Waals surface area contributed by atoms with Crippen molar-refractivity contribution in [2.45, 2.75) is 40.0 Å². The van der Waals surface area contributed by atoms with Crippen molar-refractivity contribution >= 4 is 5.97 Å². The fourth-order valence-electron chi connectivity index (χ4n) is 2.25. The summed E-state index contributed by atoms with van der Waals surface area (Å²) in [6.45, 7) is 8.51. The highest BCUT2D eigenvalue weighted by molar-refractivity contribution is 5.78. The molecule has 1 atom stereocenters. The molecule has 0 aliphatic rings. The lowest BCUT2D eigenvalue weighted by Crippen LogP contribution is -2.19. The molecule has 0 amide bonds. The van der Waals surface area contributed by atoms with Crippen LogP contribution in [0.2, 0.25) is 0 Å². The van der Waals surface area contributed by atoms with Crippen LogP contribution in [0.4, 0.5) is 0 Å². The molecule has 100 valence electrons. The van der Waals surface area contributed by atoms with Crippen LogP contribution in [0.1, 0.15) is 44.7 Å². The molecule has 0 saturated carbocycles. The summed E-state index contributed by atoms with van der Waals surface area (Å²) in [5, 5.41) is 0. The average Bonchev–Trinajstić information content (AvgIpc) is 2.30. The van der Waals surface area contributed by atoms with E-state index in [1.165, 1.54) is 12.7 Å². The second kappa shape index (κ2) is 6.58. The van der Waals surface area contributed by atoms with Crippen LogP contribution < -0.4 is 0 Å². The Morgan fingerprint density at radius 2 is 1.67 bits per heavy atom. The molecule has 2 nitrogen and oxygen atoms in total. The van der Waals surface area contributed by atoms with Gasteiger partial charge in [0.1, 0.15) is 0 Å². The summed E-state index contributed by atoms with van der Waals surface area (Å²) < 4.78 is 4.88. The van der Waals surface area contributed by atoms with Gasteiger partial charge in [0.05, 0.1) is 13.0 Å². The van der Waals surface area contributed by atoms with E-state index in [0.717, 1.165) is 12.0 Å². The number of carbonyl (C=O) groups is 1. The first-order valence-corrected chi connectivity index (χ1v) is 6.62. The Morgan fingerprint density at radius 1 is 1.11 bits per heavy atom. The summed E-state index contributed by atoms with van der Waals surface area (Å²) in [5.41, 5.74) is 2.37. The van der Waals surface area contributed by atoms with Crippen molar-refractivity contribution in [2.24, 2.45) is 11.8 Å². The largest absolute Gasteiger partial charge is 0.469 e. The van der Waals surface area contributed by atoms with E-state index < -0.39 is 0 Å². The highest BCUT2D eigenvalue weighted by Crippen LogP contribution is 2.26. The number of rotatable bonds is 5. The molecule has 1 rings (SSSR count). The number of hydrogen-bond acceptors (Lipinski definition) is 2. The van der Waals surface area contributed by atoms with Crippen molar-refractivity contribution in [1.29, 1.82) is 0 Å². The van der Waals surface area contributed by atoms with E-state index in [9.17, 15) is 4.79 Å². The molecule has 0 aliphatic carbocycles. The van der Waals surface area contributed by atoms with Crippen LogP contribution in [0.5, 0.6) is 0 Å². The summed E-state index contributed by atoms with van der Waals surface area (Å²) in [6, 6.07) is 8.35. The molecule has 0 N–H and O–H groups in total. The lowest BCUT2D eigenvalue weighted by Gasteiger charge is -2.19. The summed E-state index contributed by atoms with van der Waals surface area (Å²) in [5.74, 6) is 0.579. The van der Waals surface area contributed by atoms with Crippen molar-refractivity contribution in [3.05, 3.63) is 35.4 Å². The van der Waals surface area contributed by atoms with Crippen LogP contribution in [0.25, 0.3) is 0 Å². The van der Waals surface area contributed by atoms with Crippen LogP contribution in [0.15, 0.2) is 24.3 Å². The molecular formula is C16H24O2. The average molecular weight is 248 g/mol. The molecule has 18 heavy (non-hydrogen) atoms. The summed E-state index contributed by atoms with van der Waals surface area (Å²) in [7, 11) is 1.45. The number of methoxy groups -OCH3 is 1. The Balaban J connectivity index is 2.90. The van der Waals surface area contributed by atoms with Gasteiger partial charge in [-0.05, 0) is 29.4 Å². The summed E-state index contributed by atoms with van der Waals surface area (Å²) in [4.78, 5) is 11.8. The van der Waals surface area contributed by atoms with Gasteiger partial charge in [-0.3, -0.25) is 4.79 Å². The molecule has 0 bridgehead atoms. The maximum absolute atomic E-state index is 11.8. The zero-order valence-corrected chi connectivity index (χ0v) is 12.1. The molecule has 1 aromatic carbocycles. The highest BCUT2D eigenvalue weighted by Gasteiger charge is 2.24. The van der Waals surface area contributed by atoms with Crippen LogP contribution in [-0.2, 0) is 16.0 Å². The lowest BCUT2D eigenvalue weighted by molar-refractivity contribution is -0.143. The minimum Gasteiger partial charge on any atom is -0.469 e. The van der Waals surface area contributed by atoms with Gasteiger partial charge in [-0.15, -0.1) is 0 Å². The molecule has 2 heteroatoms. The van der Waals surface area contributed by atoms with E-state index in [0.29, 0.717) is 5.92 Å². The number of hydrogen-bond donors (Lipinski definition) is 0. The lowest BCUT2D eigenvalue weighted by atomic mass is 9.87. The first kappa shape index (κ1) is 14.7. The fourth-order valence-corrected chi connectivity index (χ4v) is 2.25. The van der Waals surface area contributed by atoms with Gasteiger partial charge in [-0.2, -0.15) is 0 Å². The summed E-state index contributed by atoms with van der Waals surface area (Å²) >= 11 is 0. The molecule has 0 saturated heterocycles. The second-order valence-corrected chi connectivity index (χ2v) is 5.58.